The van der Waals surface area contributed by atoms with Crippen LogP contribution in [-0.4, -0.2) is 35.9 Å². The summed E-state index contributed by atoms with van der Waals surface area (Å²) in [6.45, 7) is 0. The van der Waals surface area contributed by atoms with Crippen LogP contribution in [0.25, 0.3) is 0 Å². The Balaban J connectivity index is 2.54. The molecular weight excluding hydrogens is 224 g/mol. The Morgan fingerprint density at radius 1 is 1.24 bits per heavy atom. The normalized spacial score (nSPS) is 14.1. The second-order valence-corrected chi connectivity index (χ2v) is 3.69. The Kier molecular flexibility index (Phi) is 3.03. The number of carbonyl (C=O) groups excluding carboxylic acids is 2. The van der Waals surface area contributed by atoms with Crippen LogP contribution in [0.3, 0.4) is 0 Å². The van der Waals surface area contributed by atoms with Crippen molar-refractivity contribution in [2.24, 2.45) is 0 Å². The summed E-state index contributed by atoms with van der Waals surface area (Å²) in [5.41, 5.74) is 1.45. The van der Waals surface area contributed by atoms with Gasteiger partial charge in [-0.15, -0.1) is 0 Å². The van der Waals surface area contributed by atoms with Crippen molar-refractivity contribution in [2.75, 3.05) is 14.2 Å². The highest BCUT2D eigenvalue weighted by molar-refractivity contribution is 5.91. The van der Waals surface area contributed by atoms with Crippen molar-refractivity contribution in [1.82, 2.24) is 9.97 Å². The van der Waals surface area contributed by atoms with Gasteiger partial charge in [0, 0.05) is 18.4 Å². The highest BCUT2D eigenvalue weighted by Crippen LogP contribution is 2.23. The summed E-state index contributed by atoms with van der Waals surface area (Å²) in [5, 5.41) is 0. The number of ketones is 1. The third kappa shape index (κ3) is 2.11. The van der Waals surface area contributed by atoms with E-state index in [0.29, 0.717) is 24.1 Å². The number of aromatic nitrogens is 2. The lowest BCUT2D eigenvalue weighted by molar-refractivity contribution is -0.118. The van der Waals surface area contributed by atoms with Crippen LogP contribution in [0.2, 0.25) is 0 Å². The van der Waals surface area contributed by atoms with E-state index >= 15 is 0 Å². The van der Waals surface area contributed by atoms with E-state index in [1.165, 1.54) is 14.2 Å². The lowest BCUT2D eigenvalue weighted by Gasteiger charge is -2.16. The topological polar surface area (TPSA) is 78.4 Å². The number of ether oxygens (including phenoxy) is 2. The Morgan fingerprint density at radius 2 is 2.00 bits per heavy atom. The number of rotatable bonds is 2. The van der Waals surface area contributed by atoms with Gasteiger partial charge in [-0.25, -0.2) is 4.79 Å². The molecule has 6 nitrogen and oxygen atoms in total. The molecule has 0 atom stereocenters. The fourth-order valence-corrected chi connectivity index (χ4v) is 1.81. The Labute approximate surface area is 98.0 Å². The summed E-state index contributed by atoms with van der Waals surface area (Å²) in [4.78, 5) is 31.0. The van der Waals surface area contributed by atoms with Crippen molar-refractivity contribution < 1.29 is 19.1 Å². The van der Waals surface area contributed by atoms with Crippen molar-refractivity contribution in [3.8, 4) is 6.01 Å². The van der Waals surface area contributed by atoms with E-state index in [9.17, 15) is 9.59 Å². The fourth-order valence-electron chi connectivity index (χ4n) is 1.81. The average Bonchev–Trinajstić information content (AvgIpc) is 2.35. The van der Waals surface area contributed by atoms with Crippen molar-refractivity contribution in [2.45, 2.75) is 19.3 Å². The minimum atomic E-state index is -0.531. The van der Waals surface area contributed by atoms with E-state index in [2.05, 4.69) is 14.7 Å². The minimum absolute atomic E-state index is 0.0823. The summed E-state index contributed by atoms with van der Waals surface area (Å²) < 4.78 is 9.57. The maximum absolute atomic E-state index is 11.6. The van der Waals surface area contributed by atoms with E-state index in [0.717, 1.165) is 0 Å². The van der Waals surface area contributed by atoms with E-state index in [-0.39, 0.29) is 23.9 Å². The van der Waals surface area contributed by atoms with Crippen LogP contribution in [0, 0.1) is 0 Å². The van der Waals surface area contributed by atoms with Crippen molar-refractivity contribution in [1.29, 1.82) is 0 Å². The summed E-state index contributed by atoms with van der Waals surface area (Å²) in [7, 11) is 2.70. The molecule has 0 bridgehead atoms. The molecule has 0 unspecified atom stereocenters. The number of fused-ring (bicyclic) bond motifs is 1. The van der Waals surface area contributed by atoms with Crippen LogP contribution in [0.5, 0.6) is 6.01 Å². The van der Waals surface area contributed by atoms with Crippen molar-refractivity contribution in [3.05, 3.63) is 17.0 Å². The molecule has 0 spiro atoms. The predicted octanol–water partition coefficient (Wildman–Crippen LogP) is 0.330. The maximum atomic E-state index is 11.6. The maximum Gasteiger partial charge on any atom is 0.357 e. The molecule has 90 valence electrons. The van der Waals surface area contributed by atoms with E-state index < -0.39 is 5.97 Å². The van der Waals surface area contributed by atoms with Gasteiger partial charge in [0.25, 0.3) is 0 Å². The summed E-state index contributed by atoms with van der Waals surface area (Å²) in [6.07, 6.45) is 1.10. The third-order valence-corrected chi connectivity index (χ3v) is 2.65. The number of hydrogen-bond donors (Lipinski definition) is 0. The van der Waals surface area contributed by atoms with Crippen molar-refractivity contribution in [3.63, 3.8) is 0 Å². The van der Waals surface area contributed by atoms with Gasteiger partial charge in [0.15, 0.2) is 5.69 Å². The molecule has 0 saturated heterocycles. The molecular formula is C11H12N2O4. The molecule has 0 aromatic carbocycles. The van der Waals surface area contributed by atoms with Gasteiger partial charge < -0.3 is 9.47 Å². The quantitative estimate of drug-likeness (QED) is 0.688. The highest BCUT2D eigenvalue weighted by Gasteiger charge is 2.25. The zero-order valence-electron chi connectivity index (χ0n) is 9.65. The summed E-state index contributed by atoms with van der Waals surface area (Å²) >= 11 is 0. The first-order valence-electron chi connectivity index (χ1n) is 5.19. The lowest BCUT2D eigenvalue weighted by atomic mass is 9.94. The van der Waals surface area contributed by atoms with E-state index in [1.54, 1.807) is 0 Å². The van der Waals surface area contributed by atoms with E-state index in [4.69, 9.17) is 4.74 Å². The SMILES string of the molecule is COC(=O)c1nc(OC)nc2c1CCC(=O)C2. The molecule has 0 radical (unpaired) electrons. The molecule has 1 aromatic rings. The largest absolute Gasteiger partial charge is 0.467 e. The molecule has 0 amide bonds. The molecule has 0 fully saturated rings. The van der Waals surface area contributed by atoms with Gasteiger partial charge in [-0.05, 0) is 6.42 Å². The number of methoxy groups -OCH3 is 2. The van der Waals surface area contributed by atoms with Gasteiger partial charge in [0.1, 0.15) is 5.78 Å². The second-order valence-electron chi connectivity index (χ2n) is 3.69. The first kappa shape index (κ1) is 11.5. The molecule has 17 heavy (non-hydrogen) atoms. The van der Waals surface area contributed by atoms with Gasteiger partial charge in [-0.3, -0.25) is 4.79 Å². The molecule has 1 aliphatic rings. The number of nitrogens with zero attached hydrogens (tertiary/aromatic N) is 2. The molecule has 0 saturated carbocycles. The molecule has 1 aromatic heterocycles. The van der Waals surface area contributed by atoms with Crippen LogP contribution in [0.4, 0.5) is 0 Å². The highest BCUT2D eigenvalue weighted by atomic mass is 16.5. The first-order chi connectivity index (χ1) is 8.15. The molecule has 0 N–H and O–H groups in total. The van der Waals surface area contributed by atoms with Crippen LogP contribution >= 0.6 is 0 Å². The number of hydrogen-bond acceptors (Lipinski definition) is 6. The number of carbonyl (C=O) groups is 2. The average molecular weight is 236 g/mol. The van der Waals surface area contributed by atoms with Crippen molar-refractivity contribution >= 4 is 11.8 Å². The second kappa shape index (κ2) is 4.48. The first-order valence-corrected chi connectivity index (χ1v) is 5.19. The van der Waals surface area contributed by atoms with Gasteiger partial charge in [-0.2, -0.15) is 9.97 Å². The van der Waals surface area contributed by atoms with Gasteiger partial charge >= 0.3 is 12.0 Å². The van der Waals surface area contributed by atoms with Crippen LogP contribution in [0.1, 0.15) is 28.2 Å². The van der Waals surface area contributed by atoms with E-state index in [1.807, 2.05) is 0 Å². The van der Waals surface area contributed by atoms with Gasteiger partial charge in [0.05, 0.1) is 19.9 Å². The van der Waals surface area contributed by atoms with Gasteiger partial charge in [0.2, 0.25) is 0 Å². The molecule has 0 aliphatic heterocycles. The smallest absolute Gasteiger partial charge is 0.357 e. The number of Topliss-reactive ketones (excluding diaryl/α,β-unsaturated/α-hetero) is 1. The standard InChI is InChI=1S/C11H12N2O4/c1-16-10(15)9-7-4-3-6(14)5-8(7)12-11(13-9)17-2/h3-5H2,1-2H3. The zero-order chi connectivity index (χ0) is 12.4. The van der Waals surface area contributed by atoms with Crippen LogP contribution in [0.15, 0.2) is 0 Å². The summed E-state index contributed by atoms with van der Waals surface area (Å²) in [6, 6.07) is 0.0823. The number of esters is 1. The fraction of sp³-hybridized carbons (Fsp3) is 0.455. The molecule has 1 aliphatic carbocycles. The third-order valence-electron chi connectivity index (χ3n) is 2.65. The lowest BCUT2D eigenvalue weighted by Crippen LogP contribution is -2.21. The Morgan fingerprint density at radius 3 is 2.65 bits per heavy atom. The Hall–Kier alpha value is -1.98. The summed E-state index contributed by atoms with van der Waals surface area (Å²) in [5.74, 6) is -0.426. The Bertz CT molecular complexity index is 485. The van der Waals surface area contributed by atoms with Crippen LogP contribution < -0.4 is 4.74 Å². The molecule has 6 heteroatoms. The minimum Gasteiger partial charge on any atom is -0.467 e. The van der Waals surface area contributed by atoms with Gasteiger partial charge in [-0.1, -0.05) is 0 Å². The zero-order valence-corrected chi connectivity index (χ0v) is 9.65. The monoisotopic (exact) mass is 236 g/mol. The molecule has 1 heterocycles. The van der Waals surface area contributed by atoms with Crippen LogP contribution in [-0.2, 0) is 22.4 Å². The predicted molar refractivity (Wildman–Crippen MR) is 57.0 cm³/mol. The molecule has 2 rings (SSSR count).